The Morgan fingerprint density at radius 2 is 1.85 bits per heavy atom. The standard InChI is InChI=1S/C15H26N2O2S/c1-4-6-10-17-20(18,19)15-8-7-13(3)14(11-15)12-16-9-5-2/h7-8,11,16-17H,4-6,9-10,12H2,1-3H3. The van der Waals surface area contributed by atoms with Crippen molar-refractivity contribution in [3.8, 4) is 0 Å². The van der Waals surface area contributed by atoms with Crippen molar-refractivity contribution in [3.63, 3.8) is 0 Å². The van der Waals surface area contributed by atoms with Crippen molar-refractivity contribution < 1.29 is 8.42 Å². The summed E-state index contributed by atoms with van der Waals surface area (Å²) in [6, 6.07) is 5.32. The van der Waals surface area contributed by atoms with Crippen molar-refractivity contribution in [3.05, 3.63) is 29.3 Å². The maximum Gasteiger partial charge on any atom is 0.240 e. The SMILES string of the molecule is CCCCNS(=O)(=O)c1ccc(C)c(CNCCC)c1. The molecule has 0 aliphatic rings. The molecular formula is C15H26N2O2S. The van der Waals surface area contributed by atoms with Gasteiger partial charge in [-0.05, 0) is 49.6 Å². The van der Waals surface area contributed by atoms with Crippen LogP contribution in [0.1, 0.15) is 44.2 Å². The monoisotopic (exact) mass is 298 g/mol. The summed E-state index contributed by atoms with van der Waals surface area (Å²) < 4.78 is 27.0. The van der Waals surface area contributed by atoms with Crippen LogP contribution in [0, 0.1) is 6.92 Å². The smallest absolute Gasteiger partial charge is 0.240 e. The van der Waals surface area contributed by atoms with Gasteiger partial charge >= 0.3 is 0 Å². The van der Waals surface area contributed by atoms with Crippen molar-refractivity contribution >= 4 is 10.0 Å². The van der Waals surface area contributed by atoms with Gasteiger partial charge in [-0.15, -0.1) is 0 Å². The minimum absolute atomic E-state index is 0.354. The van der Waals surface area contributed by atoms with Gasteiger partial charge in [-0.1, -0.05) is 26.3 Å². The second-order valence-electron chi connectivity index (χ2n) is 5.02. The topological polar surface area (TPSA) is 58.2 Å². The van der Waals surface area contributed by atoms with E-state index in [1.54, 1.807) is 12.1 Å². The largest absolute Gasteiger partial charge is 0.313 e. The van der Waals surface area contributed by atoms with Crippen LogP contribution in [0.15, 0.2) is 23.1 Å². The molecule has 1 aromatic rings. The molecule has 0 fully saturated rings. The first-order valence-electron chi connectivity index (χ1n) is 7.31. The van der Waals surface area contributed by atoms with Crippen LogP contribution in [0.5, 0.6) is 0 Å². The van der Waals surface area contributed by atoms with Crippen molar-refractivity contribution in [1.29, 1.82) is 0 Å². The Kier molecular flexibility index (Phi) is 7.19. The Hall–Kier alpha value is -0.910. The number of sulfonamides is 1. The number of rotatable bonds is 9. The van der Waals surface area contributed by atoms with E-state index < -0.39 is 10.0 Å². The number of hydrogen-bond acceptors (Lipinski definition) is 3. The maximum absolute atomic E-state index is 12.2. The quantitative estimate of drug-likeness (QED) is 0.689. The van der Waals surface area contributed by atoms with Gasteiger partial charge in [0, 0.05) is 13.1 Å². The number of unbranched alkanes of at least 4 members (excludes halogenated alkanes) is 1. The lowest BCUT2D eigenvalue weighted by Gasteiger charge is -2.11. The van der Waals surface area contributed by atoms with Gasteiger partial charge in [0.25, 0.3) is 0 Å². The Balaban J connectivity index is 2.82. The highest BCUT2D eigenvalue weighted by atomic mass is 32.2. The van der Waals surface area contributed by atoms with E-state index >= 15 is 0 Å². The average molecular weight is 298 g/mol. The van der Waals surface area contributed by atoms with Crippen molar-refractivity contribution in [2.45, 2.75) is 51.5 Å². The molecule has 0 amide bonds. The fourth-order valence-corrected chi connectivity index (χ4v) is 3.00. The fourth-order valence-electron chi connectivity index (χ4n) is 1.87. The molecule has 1 rings (SSSR count). The van der Waals surface area contributed by atoms with Crippen molar-refractivity contribution in [2.24, 2.45) is 0 Å². The van der Waals surface area contributed by atoms with Crippen LogP contribution in [0.3, 0.4) is 0 Å². The Labute approximate surface area is 123 Å². The molecule has 2 N–H and O–H groups in total. The Morgan fingerprint density at radius 3 is 2.50 bits per heavy atom. The number of benzene rings is 1. The Bertz CT molecular complexity index is 513. The zero-order valence-corrected chi connectivity index (χ0v) is 13.5. The van der Waals surface area contributed by atoms with Crippen LogP contribution in [0.25, 0.3) is 0 Å². The van der Waals surface area contributed by atoms with E-state index in [0.717, 1.165) is 36.9 Å². The van der Waals surface area contributed by atoms with Gasteiger partial charge in [0.2, 0.25) is 10.0 Å². The minimum Gasteiger partial charge on any atom is -0.313 e. The molecule has 0 saturated heterocycles. The fraction of sp³-hybridized carbons (Fsp3) is 0.600. The molecule has 114 valence electrons. The van der Waals surface area contributed by atoms with Crippen LogP contribution < -0.4 is 10.0 Å². The van der Waals surface area contributed by atoms with E-state index in [1.165, 1.54) is 0 Å². The van der Waals surface area contributed by atoms with Crippen LogP contribution in [0.2, 0.25) is 0 Å². The molecule has 0 saturated carbocycles. The lowest BCUT2D eigenvalue weighted by atomic mass is 10.1. The zero-order valence-electron chi connectivity index (χ0n) is 12.7. The van der Waals surface area contributed by atoms with Gasteiger partial charge in [0.1, 0.15) is 0 Å². The van der Waals surface area contributed by atoms with Gasteiger partial charge in [-0.2, -0.15) is 0 Å². The molecule has 0 heterocycles. The summed E-state index contributed by atoms with van der Waals surface area (Å²) in [5, 5.41) is 3.31. The average Bonchev–Trinajstić information content (AvgIpc) is 2.41. The molecule has 0 atom stereocenters. The third-order valence-electron chi connectivity index (χ3n) is 3.20. The predicted octanol–water partition coefficient (Wildman–Crippen LogP) is 2.57. The first kappa shape index (κ1) is 17.1. The Morgan fingerprint density at radius 1 is 1.10 bits per heavy atom. The van der Waals surface area contributed by atoms with E-state index in [4.69, 9.17) is 0 Å². The van der Waals surface area contributed by atoms with Gasteiger partial charge < -0.3 is 5.32 Å². The molecule has 0 aromatic heterocycles. The molecule has 0 bridgehead atoms. The zero-order chi connectivity index (χ0) is 15.0. The highest BCUT2D eigenvalue weighted by Gasteiger charge is 2.14. The van der Waals surface area contributed by atoms with Crippen LogP contribution in [0.4, 0.5) is 0 Å². The summed E-state index contributed by atoms with van der Waals surface area (Å²) in [6.45, 7) is 8.29. The van der Waals surface area contributed by atoms with Crippen LogP contribution >= 0.6 is 0 Å². The third kappa shape index (κ3) is 5.23. The van der Waals surface area contributed by atoms with Crippen LogP contribution in [-0.2, 0) is 16.6 Å². The summed E-state index contributed by atoms with van der Waals surface area (Å²) in [4.78, 5) is 0.354. The van der Waals surface area contributed by atoms with E-state index in [-0.39, 0.29) is 0 Å². The maximum atomic E-state index is 12.2. The van der Waals surface area contributed by atoms with Crippen LogP contribution in [-0.4, -0.2) is 21.5 Å². The van der Waals surface area contributed by atoms with Gasteiger partial charge in [0.05, 0.1) is 4.90 Å². The number of aryl methyl sites for hydroxylation is 1. The van der Waals surface area contributed by atoms with Gasteiger partial charge in [0.15, 0.2) is 0 Å². The molecule has 0 radical (unpaired) electrons. The molecule has 0 aliphatic heterocycles. The predicted molar refractivity (Wildman–Crippen MR) is 83.3 cm³/mol. The lowest BCUT2D eigenvalue weighted by molar-refractivity contribution is 0.578. The van der Waals surface area contributed by atoms with E-state index in [2.05, 4.69) is 17.0 Å². The number of hydrogen-bond donors (Lipinski definition) is 2. The summed E-state index contributed by atoms with van der Waals surface area (Å²) in [6.07, 6.45) is 2.90. The summed E-state index contributed by atoms with van der Waals surface area (Å²) in [5.41, 5.74) is 2.15. The highest BCUT2D eigenvalue weighted by molar-refractivity contribution is 7.89. The molecule has 0 aliphatic carbocycles. The molecule has 0 unspecified atom stereocenters. The minimum atomic E-state index is -3.38. The second-order valence-corrected chi connectivity index (χ2v) is 6.78. The van der Waals surface area contributed by atoms with E-state index in [1.807, 2.05) is 19.9 Å². The molecular weight excluding hydrogens is 272 g/mol. The van der Waals surface area contributed by atoms with E-state index in [0.29, 0.717) is 18.0 Å². The summed E-state index contributed by atoms with van der Waals surface area (Å²) in [7, 11) is -3.38. The molecule has 20 heavy (non-hydrogen) atoms. The first-order chi connectivity index (χ1) is 9.51. The van der Waals surface area contributed by atoms with Gasteiger partial charge in [-0.3, -0.25) is 0 Å². The number of nitrogens with one attached hydrogen (secondary N) is 2. The summed E-state index contributed by atoms with van der Waals surface area (Å²) in [5.74, 6) is 0. The normalized spacial score (nSPS) is 11.8. The third-order valence-corrected chi connectivity index (χ3v) is 4.65. The molecule has 4 nitrogen and oxygen atoms in total. The summed E-state index contributed by atoms with van der Waals surface area (Å²) >= 11 is 0. The van der Waals surface area contributed by atoms with E-state index in [9.17, 15) is 8.42 Å². The molecule has 0 spiro atoms. The second kappa shape index (κ2) is 8.39. The van der Waals surface area contributed by atoms with Crippen molar-refractivity contribution in [1.82, 2.24) is 10.0 Å². The van der Waals surface area contributed by atoms with Crippen molar-refractivity contribution in [2.75, 3.05) is 13.1 Å². The first-order valence-corrected chi connectivity index (χ1v) is 8.79. The highest BCUT2D eigenvalue weighted by Crippen LogP contribution is 2.15. The van der Waals surface area contributed by atoms with Gasteiger partial charge in [-0.25, -0.2) is 13.1 Å². The molecule has 5 heteroatoms. The lowest BCUT2D eigenvalue weighted by Crippen LogP contribution is -2.25. The molecule has 1 aromatic carbocycles.